The maximum Gasteiger partial charge on any atom is 0.252 e. The lowest BCUT2D eigenvalue weighted by molar-refractivity contribution is -0.129. The summed E-state index contributed by atoms with van der Waals surface area (Å²) in [6.07, 6.45) is 7.74. The highest BCUT2D eigenvalue weighted by Crippen LogP contribution is 2.38. The second-order valence-corrected chi connectivity index (χ2v) is 8.68. The van der Waals surface area contributed by atoms with Crippen LogP contribution in [0, 0.1) is 11.7 Å². The first-order valence-electron chi connectivity index (χ1n) is 11.2. The second-order valence-electron chi connectivity index (χ2n) is 8.68. The molecule has 0 spiro atoms. The molecule has 0 bridgehead atoms. The lowest BCUT2D eigenvalue weighted by Gasteiger charge is -2.35. The third-order valence-corrected chi connectivity index (χ3v) is 6.46. The van der Waals surface area contributed by atoms with Crippen LogP contribution in [0.4, 0.5) is 10.1 Å². The fourth-order valence-corrected chi connectivity index (χ4v) is 4.67. The molecule has 8 nitrogen and oxygen atoms in total. The molecule has 1 aliphatic heterocycles. The average molecular weight is 449 g/mol. The van der Waals surface area contributed by atoms with Crippen LogP contribution in [0.5, 0.6) is 0 Å². The number of anilines is 1. The topological polar surface area (TPSA) is 101 Å². The van der Waals surface area contributed by atoms with Gasteiger partial charge < -0.3 is 14.7 Å². The number of amides is 2. The molecule has 1 aliphatic carbocycles. The van der Waals surface area contributed by atoms with Crippen LogP contribution < -0.4 is 10.2 Å². The van der Waals surface area contributed by atoms with Gasteiger partial charge in [0.2, 0.25) is 17.6 Å². The van der Waals surface area contributed by atoms with Crippen molar-refractivity contribution in [1.82, 2.24) is 20.4 Å². The predicted octanol–water partition coefficient (Wildman–Crippen LogP) is 3.60. The standard InChI is InChI=1S/C24H24FN5O3/c25-18-6-8-19(9-7-18)30-15-17(13-20(30)31)22(32)28-24(10-2-1-3-11-24)23-27-21(29-33-23)16-5-4-12-26-14-16/h4-9,12,14,17H,1-3,10-11,13,15H2,(H,28,32)/t17-/m0/s1. The maximum absolute atomic E-state index is 13.3. The average Bonchev–Trinajstić information content (AvgIpc) is 3.49. The fraction of sp³-hybridized carbons (Fsp3) is 0.375. The molecule has 0 radical (unpaired) electrons. The number of aromatic nitrogens is 3. The van der Waals surface area contributed by atoms with Crippen LogP contribution in [-0.4, -0.2) is 33.5 Å². The molecule has 1 saturated heterocycles. The van der Waals surface area contributed by atoms with E-state index in [0.717, 1.165) is 24.8 Å². The van der Waals surface area contributed by atoms with Gasteiger partial charge in [0.15, 0.2) is 0 Å². The Hall–Kier alpha value is -3.62. The molecule has 2 aromatic heterocycles. The molecular formula is C24H24FN5O3. The zero-order valence-electron chi connectivity index (χ0n) is 18.0. The van der Waals surface area contributed by atoms with Gasteiger partial charge in [0.25, 0.3) is 5.89 Å². The van der Waals surface area contributed by atoms with Crippen molar-refractivity contribution in [2.45, 2.75) is 44.1 Å². The number of nitrogens with zero attached hydrogens (tertiary/aromatic N) is 4. The largest absolute Gasteiger partial charge is 0.341 e. The van der Waals surface area contributed by atoms with E-state index in [1.54, 1.807) is 30.6 Å². The van der Waals surface area contributed by atoms with Crippen LogP contribution in [0.15, 0.2) is 53.3 Å². The van der Waals surface area contributed by atoms with Crippen LogP contribution in [0.25, 0.3) is 11.4 Å². The second kappa shape index (κ2) is 8.73. The number of hydrogen-bond donors (Lipinski definition) is 1. The van der Waals surface area contributed by atoms with Gasteiger partial charge in [-0.2, -0.15) is 4.98 Å². The number of rotatable bonds is 5. The molecule has 170 valence electrons. The third kappa shape index (κ3) is 4.22. The van der Waals surface area contributed by atoms with Crippen LogP contribution in [0.1, 0.15) is 44.4 Å². The number of carbonyl (C=O) groups excluding carboxylic acids is 2. The minimum absolute atomic E-state index is 0.101. The van der Waals surface area contributed by atoms with Gasteiger partial charge in [-0.15, -0.1) is 0 Å². The smallest absolute Gasteiger partial charge is 0.252 e. The number of pyridine rings is 1. The Labute approximate surface area is 190 Å². The van der Waals surface area contributed by atoms with Crippen molar-refractivity contribution in [3.63, 3.8) is 0 Å². The monoisotopic (exact) mass is 449 g/mol. The van der Waals surface area contributed by atoms with Gasteiger partial charge in [-0.25, -0.2) is 4.39 Å². The number of hydrogen-bond acceptors (Lipinski definition) is 6. The Kier molecular flexibility index (Phi) is 5.62. The fourth-order valence-electron chi connectivity index (χ4n) is 4.67. The van der Waals surface area contributed by atoms with Crippen LogP contribution in [0.2, 0.25) is 0 Å². The van der Waals surface area contributed by atoms with Crippen LogP contribution >= 0.6 is 0 Å². The molecule has 1 atom stereocenters. The van der Waals surface area contributed by atoms with Gasteiger partial charge in [-0.1, -0.05) is 24.4 Å². The molecule has 1 saturated carbocycles. The molecule has 5 rings (SSSR count). The van der Waals surface area contributed by atoms with Crippen LogP contribution in [-0.2, 0) is 15.1 Å². The Bertz CT molecular complexity index is 1140. The van der Waals surface area contributed by atoms with E-state index < -0.39 is 11.5 Å². The van der Waals surface area contributed by atoms with E-state index in [-0.39, 0.29) is 30.6 Å². The van der Waals surface area contributed by atoms with Crippen molar-refractivity contribution in [3.8, 4) is 11.4 Å². The van der Waals surface area contributed by atoms with E-state index in [4.69, 9.17) is 4.52 Å². The van der Waals surface area contributed by atoms with Gasteiger partial charge in [0.1, 0.15) is 11.4 Å². The Morgan fingerprint density at radius 3 is 2.67 bits per heavy atom. The van der Waals surface area contributed by atoms with Gasteiger partial charge in [-0.05, 0) is 49.2 Å². The normalized spacial score (nSPS) is 20.1. The van der Waals surface area contributed by atoms with E-state index >= 15 is 0 Å². The van der Waals surface area contributed by atoms with E-state index in [9.17, 15) is 14.0 Å². The zero-order chi connectivity index (χ0) is 22.8. The minimum Gasteiger partial charge on any atom is -0.341 e. The highest BCUT2D eigenvalue weighted by molar-refractivity contribution is 6.00. The number of nitrogens with one attached hydrogen (secondary N) is 1. The van der Waals surface area contributed by atoms with Crippen LogP contribution in [0.3, 0.4) is 0 Å². The van der Waals surface area contributed by atoms with Gasteiger partial charge >= 0.3 is 0 Å². The summed E-state index contributed by atoms with van der Waals surface area (Å²) in [4.78, 5) is 36.1. The SMILES string of the molecule is O=C(NC1(c2nc(-c3cccnc3)no2)CCCCC1)[C@H]1CC(=O)N(c2ccc(F)cc2)C1. The number of benzene rings is 1. The summed E-state index contributed by atoms with van der Waals surface area (Å²) < 4.78 is 18.9. The van der Waals surface area contributed by atoms with E-state index in [0.29, 0.717) is 30.2 Å². The van der Waals surface area contributed by atoms with Crippen molar-refractivity contribution < 1.29 is 18.5 Å². The molecule has 3 aromatic rings. The summed E-state index contributed by atoms with van der Waals surface area (Å²) in [6.45, 7) is 0.247. The van der Waals surface area contributed by atoms with Crippen molar-refractivity contribution in [2.75, 3.05) is 11.4 Å². The molecule has 3 heterocycles. The highest BCUT2D eigenvalue weighted by atomic mass is 19.1. The molecular weight excluding hydrogens is 425 g/mol. The van der Waals surface area contributed by atoms with Gasteiger partial charge in [-0.3, -0.25) is 14.6 Å². The molecule has 1 aromatic carbocycles. The maximum atomic E-state index is 13.3. The molecule has 0 unspecified atom stereocenters. The van der Waals surface area contributed by atoms with Crippen molar-refractivity contribution >= 4 is 17.5 Å². The summed E-state index contributed by atoms with van der Waals surface area (Å²) in [6, 6.07) is 9.36. The summed E-state index contributed by atoms with van der Waals surface area (Å²) in [5, 5.41) is 7.28. The van der Waals surface area contributed by atoms with E-state index in [2.05, 4.69) is 20.4 Å². The first kappa shape index (κ1) is 21.2. The lowest BCUT2D eigenvalue weighted by atomic mass is 9.81. The molecule has 2 fully saturated rings. The Morgan fingerprint density at radius 2 is 1.94 bits per heavy atom. The first-order valence-corrected chi connectivity index (χ1v) is 11.2. The summed E-state index contributed by atoms with van der Waals surface area (Å²) in [7, 11) is 0. The van der Waals surface area contributed by atoms with Crippen molar-refractivity contribution in [3.05, 3.63) is 60.5 Å². The van der Waals surface area contributed by atoms with E-state index in [1.165, 1.54) is 17.0 Å². The number of halogens is 1. The van der Waals surface area contributed by atoms with Gasteiger partial charge in [0, 0.05) is 36.6 Å². The molecule has 1 N–H and O–H groups in total. The Morgan fingerprint density at radius 1 is 1.15 bits per heavy atom. The molecule has 2 aliphatic rings. The minimum atomic E-state index is -0.755. The molecule has 33 heavy (non-hydrogen) atoms. The quantitative estimate of drug-likeness (QED) is 0.639. The lowest BCUT2D eigenvalue weighted by Crippen LogP contribution is -2.50. The zero-order valence-corrected chi connectivity index (χ0v) is 18.0. The summed E-state index contributed by atoms with van der Waals surface area (Å²) in [5.74, 6) is -0.441. The van der Waals surface area contributed by atoms with E-state index in [1.807, 2.05) is 6.07 Å². The van der Waals surface area contributed by atoms with Crippen molar-refractivity contribution in [1.29, 1.82) is 0 Å². The third-order valence-electron chi connectivity index (χ3n) is 6.46. The van der Waals surface area contributed by atoms with Gasteiger partial charge in [0.05, 0.1) is 5.92 Å². The highest BCUT2D eigenvalue weighted by Gasteiger charge is 2.44. The molecule has 9 heteroatoms. The summed E-state index contributed by atoms with van der Waals surface area (Å²) in [5.41, 5.74) is 0.568. The molecule has 2 amide bonds. The van der Waals surface area contributed by atoms with Crippen molar-refractivity contribution in [2.24, 2.45) is 5.92 Å². The first-order chi connectivity index (χ1) is 16.0. The predicted molar refractivity (Wildman–Crippen MR) is 117 cm³/mol. The number of carbonyl (C=O) groups is 2. The Balaban J connectivity index is 1.35. The summed E-state index contributed by atoms with van der Waals surface area (Å²) >= 11 is 0.